The Labute approximate surface area is 138 Å². The van der Waals surface area contributed by atoms with Crippen LogP contribution in [0.2, 0.25) is 0 Å². The highest BCUT2D eigenvalue weighted by molar-refractivity contribution is 5.84. The van der Waals surface area contributed by atoms with E-state index in [0.29, 0.717) is 33.9 Å². The van der Waals surface area contributed by atoms with E-state index < -0.39 is 0 Å². The van der Waals surface area contributed by atoms with Crippen LogP contribution < -0.4 is 10.6 Å². The molecule has 0 amide bonds. The molecule has 3 aromatic rings. The third-order valence-electron chi connectivity index (χ3n) is 4.52. The van der Waals surface area contributed by atoms with Gasteiger partial charge in [0.2, 0.25) is 0 Å². The number of halogens is 1. The summed E-state index contributed by atoms with van der Waals surface area (Å²) in [6.07, 6.45) is 2.55. The topological polar surface area (TPSA) is 89.9 Å². The molecular formula is C16H20FN7. The van der Waals surface area contributed by atoms with Gasteiger partial charge in [-0.2, -0.15) is 5.10 Å². The molecule has 4 N–H and O–H groups in total. The van der Waals surface area contributed by atoms with Gasteiger partial charge in [-0.15, -0.1) is 0 Å². The number of H-pyrrole nitrogens is 2. The molecule has 0 bridgehead atoms. The predicted molar refractivity (Wildman–Crippen MR) is 92.4 cm³/mol. The maximum atomic E-state index is 14.6. The average molecular weight is 329 g/mol. The predicted octanol–water partition coefficient (Wildman–Crippen LogP) is 1.82. The van der Waals surface area contributed by atoms with Gasteiger partial charge in [-0.1, -0.05) is 0 Å². The number of anilines is 2. The van der Waals surface area contributed by atoms with Crippen molar-refractivity contribution >= 4 is 22.4 Å². The molecular weight excluding hydrogens is 309 g/mol. The maximum Gasteiger partial charge on any atom is 0.158 e. The molecule has 0 radical (unpaired) electrons. The van der Waals surface area contributed by atoms with Crippen LogP contribution >= 0.6 is 0 Å². The molecule has 126 valence electrons. The largest absolute Gasteiger partial charge is 0.396 e. The lowest BCUT2D eigenvalue weighted by molar-refractivity contribution is 0.360. The summed E-state index contributed by atoms with van der Waals surface area (Å²) in [7, 11) is 2.10. The van der Waals surface area contributed by atoms with Crippen molar-refractivity contribution in [2.45, 2.75) is 6.42 Å². The van der Waals surface area contributed by atoms with E-state index in [1.165, 1.54) is 12.3 Å². The first kappa shape index (κ1) is 14.9. The molecule has 3 heterocycles. The second-order valence-corrected chi connectivity index (χ2v) is 6.25. The Bertz CT molecular complexity index is 869. The van der Waals surface area contributed by atoms with Crippen molar-refractivity contribution in [2.24, 2.45) is 0 Å². The second kappa shape index (κ2) is 5.79. The number of nitrogens with zero attached hydrogens (tertiary/aromatic N) is 4. The third kappa shape index (κ3) is 2.58. The van der Waals surface area contributed by atoms with Crippen LogP contribution in [0.3, 0.4) is 0 Å². The molecule has 1 aromatic carbocycles. The Morgan fingerprint density at radius 2 is 2.08 bits per heavy atom. The normalized spacial score (nSPS) is 16.7. The van der Waals surface area contributed by atoms with Crippen molar-refractivity contribution in [1.82, 2.24) is 25.1 Å². The molecule has 24 heavy (non-hydrogen) atoms. The standard InChI is InChI=1S/C16H20FN7/c1-23-3-2-4-24(6-5-23)14-8-13-12(7-10(14)17)20-16(21-13)15-11(18)9-19-22-15/h7-9H,2-6,18H2,1H3,(H,19,22)(H,20,21). The number of fused-ring (bicyclic) bond motifs is 1. The highest BCUT2D eigenvalue weighted by atomic mass is 19.1. The van der Waals surface area contributed by atoms with E-state index in [4.69, 9.17) is 5.73 Å². The second-order valence-electron chi connectivity index (χ2n) is 6.25. The van der Waals surface area contributed by atoms with Crippen LogP contribution in [0.15, 0.2) is 18.3 Å². The van der Waals surface area contributed by atoms with E-state index in [0.717, 1.165) is 32.6 Å². The lowest BCUT2D eigenvalue weighted by atomic mass is 10.2. The van der Waals surface area contributed by atoms with Gasteiger partial charge in [0, 0.05) is 25.7 Å². The Hall–Kier alpha value is -2.61. The minimum Gasteiger partial charge on any atom is -0.396 e. The Morgan fingerprint density at radius 3 is 2.88 bits per heavy atom. The van der Waals surface area contributed by atoms with Crippen molar-refractivity contribution < 1.29 is 4.39 Å². The third-order valence-corrected chi connectivity index (χ3v) is 4.52. The van der Waals surface area contributed by atoms with Crippen molar-refractivity contribution in [3.8, 4) is 11.5 Å². The summed E-state index contributed by atoms with van der Waals surface area (Å²) in [4.78, 5) is 12.0. The summed E-state index contributed by atoms with van der Waals surface area (Å²) in [6.45, 7) is 3.61. The van der Waals surface area contributed by atoms with Gasteiger partial charge in [-0.25, -0.2) is 9.37 Å². The number of imidazole rings is 1. The van der Waals surface area contributed by atoms with Crippen LogP contribution in [0.25, 0.3) is 22.6 Å². The van der Waals surface area contributed by atoms with Gasteiger partial charge >= 0.3 is 0 Å². The number of hydrogen-bond acceptors (Lipinski definition) is 5. The van der Waals surface area contributed by atoms with E-state index in [-0.39, 0.29) is 5.82 Å². The summed E-state index contributed by atoms with van der Waals surface area (Å²) in [5.74, 6) is 0.326. The zero-order valence-corrected chi connectivity index (χ0v) is 13.5. The SMILES string of the molecule is CN1CCCN(c2cc3nc(-c4[nH]ncc4N)[nH]c3cc2F)CC1. The highest BCUT2D eigenvalue weighted by Gasteiger charge is 2.18. The molecule has 0 saturated carbocycles. The van der Waals surface area contributed by atoms with Crippen molar-refractivity contribution in [1.29, 1.82) is 0 Å². The zero-order valence-electron chi connectivity index (χ0n) is 13.5. The number of benzene rings is 1. The van der Waals surface area contributed by atoms with Gasteiger partial charge in [0.1, 0.15) is 11.5 Å². The van der Waals surface area contributed by atoms with Crippen LogP contribution in [-0.4, -0.2) is 58.3 Å². The Balaban J connectivity index is 1.72. The van der Waals surface area contributed by atoms with Crippen molar-refractivity contribution in [2.75, 3.05) is 43.9 Å². The molecule has 2 aromatic heterocycles. The van der Waals surface area contributed by atoms with Crippen LogP contribution in [0.1, 0.15) is 6.42 Å². The van der Waals surface area contributed by atoms with Gasteiger partial charge in [-0.05, 0) is 26.1 Å². The fourth-order valence-corrected chi connectivity index (χ4v) is 3.15. The molecule has 8 heteroatoms. The first-order valence-corrected chi connectivity index (χ1v) is 8.04. The number of rotatable bonds is 2. The van der Waals surface area contributed by atoms with E-state index in [1.807, 2.05) is 6.07 Å². The van der Waals surface area contributed by atoms with Crippen LogP contribution in [0.4, 0.5) is 15.8 Å². The quantitative estimate of drug-likeness (QED) is 0.667. The summed E-state index contributed by atoms with van der Waals surface area (Å²) < 4.78 is 14.6. The minimum atomic E-state index is -0.236. The molecule has 1 aliphatic rings. The number of nitrogens with one attached hydrogen (secondary N) is 2. The molecule has 4 rings (SSSR count). The van der Waals surface area contributed by atoms with Crippen LogP contribution in [0.5, 0.6) is 0 Å². The van der Waals surface area contributed by atoms with E-state index in [1.54, 1.807) is 0 Å². The molecule has 1 saturated heterocycles. The summed E-state index contributed by atoms with van der Waals surface area (Å²) in [5.41, 5.74) is 8.95. The maximum absolute atomic E-state index is 14.6. The summed E-state index contributed by atoms with van der Waals surface area (Å²) in [5, 5.41) is 6.71. The monoisotopic (exact) mass is 329 g/mol. The van der Waals surface area contributed by atoms with Crippen molar-refractivity contribution in [3.05, 3.63) is 24.1 Å². The number of nitrogen functional groups attached to an aromatic ring is 1. The molecule has 0 atom stereocenters. The Kier molecular flexibility index (Phi) is 3.61. The van der Waals surface area contributed by atoms with Crippen LogP contribution in [0, 0.1) is 5.82 Å². The zero-order chi connectivity index (χ0) is 16.7. The van der Waals surface area contributed by atoms with Gasteiger partial charge in [0.15, 0.2) is 5.82 Å². The minimum absolute atomic E-state index is 0.236. The van der Waals surface area contributed by atoms with Crippen LogP contribution in [-0.2, 0) is 0 Å². The smallest absolute Gasteiger partial charge is 0.158 e. The fraction of sp³-hybridized carbons (Fsp3) is 0.375. The molecule has 0 unspecified atom stereocenters. The molecule has 1 fully saturated rings. The summed E-state index contributed by atoms with van der Waals surface area (Å²) >= 11 is 0. The first-order valence-electron chi connectivity index (χ1n) is 8.04. The van der Waals surface area contributed by atoms with Gasteiger partial charge in [0.25, 0.3) is 0 Å². The average Bonchev–Trinajstić information content (AvgIpc) is 3.08. The van der Waals surface area contributed by atoms with Gasteiger partial charge in [0.05, 0.1) is 28.6 Å². The van der Waals surface area contributed by atoms with Crippen molar-refractivity contribution in [3.63, 3.8) is 0 Å². The van der Waals surface area contributed by atoms with Gasteiger partial charge in [-0.3, -0.25) is 5.10 Å². The molecule has 0 spiro atoms. The lowest BCUT2D eigenvalue weighted by Gasteiger charge is -2.23. The molecule has 7 nitrogen and oxygen atoms in total. The van der Waals surface area contributed by atoms with E-state index in [2.05, 4.69) is 37.0 Å². The van der Waals surface area contributed by atoms with E-state index >= 15 is 0 Å². The highest BCUT2D eigenvalue weighted by Crippen LogP contribution is 2.29. The van der Waals surface area contributed by atoms with E-state index in [9.17, 15) is 4.39 Å². The first-order chi connectivity index (χ1) is 11.6. The number of nitrogens with two attached hydrogens (primary N) is 1. The molecule has 0 aliphatic carbocycles. The number of aromatic nitrogens is 4. The summed E-state index contributed by atoms with van der Waals surface area (Å²) in [6, 6.07) is 3.31. The fourth-order valence-electron chi connectivity index (χ4n) is 3.15. The number of aromatic amines is 2. The Morgan fingerprint density at radius 1 is 1.21 bits per heavy atom. The number of likely N-dealkylation sites (N-methyl/N-ethyl adjacent to an activating group) is 1. The number of hydrogen-bond donors (Lipinski definition) is 3. The molecule has 1 aliphatic heterocycles. The lowest BCUT2D eigenvalue weighted by Crippen LogP contribution is -2.29. The van der Waals surface area contributed by atoms with Gasteiger partial charge < -0.3 is 20.5 Å².